The van der Waals surface area contributed by atoms with Gasteiger partial charge in [-0.25, -0.2) is 14.2 Å². The third-order valence-corrected chi connectivity index (χ3v) is 5.80. The Morgan fingerprint density at radius 2 is 1.90 bits per heavy atom. The topological polar surface area (TPSA) is 76.3 Å². The highest BCUT2D eigenvalue weighted by Crippen LogP contribution is 2.32. The summed E-state index contributed by atoms with van der Waals surface area (Å²) in [6.45, 7) is 0.0629. The molecule has 0 atom stereocenters. The molecule has 0 saturated heterocycles. The molecular formula is C23H14FN3O3S. The number of carbonyl (C=O) groups is 1. The number of hydrogen-bond donors (Lipinski definition) is 0. The molecule has 0 fully saturated rings. The second-order valence-electron chi connectivity index (χ2n) is 6.78. The summed E-state index contributed by atoms with van der Waals surface area (Å²) in [5.74, 6) is -1.07. The fourth-order valence-electron chi connectivity index (χ4n) is 3.26. The fourth-order valence-corrected chi connectivity index (χ4v) is 4.23. The van der Waals surface area contributed by atoms with Crippen molar-refractivity contribution in [2.24, 2.45) is 0 Å². The SMILES string of the molecule is O=C(c1cc2ccccc2oc1=O)N(Cc1ccccn1)c1nc2c(F)cccc2s1. The smallest absolute Gasteiger partial charge is 0.349 e. The van der Waals surface area contributed by atoms with E-state index in [1.165, 1.54) is 17.0 Å². The number of para-hydroxylation sites is 2. The summed E-state index contributed by atoms with van der Waals surface area (Å²) in [4.78, 5) is 36.0. The largest absolute Gasteiger partial charge is 0.422 e. The van der Waals surface area contributed by atoms with Gasteiger partial charge < -0.3 is 4.42 Å². The first-order valence-electron chi connectivity index (χ1n) is 9.40. The average Bonchev–Trinajstić information content (AvgIpc) is 3.23. The van der Waals surface area contributed by atoms with Crippen molar-refractivity contribution in [2.75, 3.05) is 4.90 Å². The van der Waals surface area contributed by atoms with E-state index in [0.29, 0.717) is 21.4 Å². The van der Waals surface area contributed by atoms with Crippen LogP contribution in [0.3, 0.4) is 0 Å². The van der Waals surface area contributed by atoms with E-state index in [9.17, 15) is 14.0 Å². The fraction of sp³-hybridized carbons (Fsp3) is 0.0435. The van der Waals surface area contributed by atoms with Crippen molar-refractivity contribution in [3.05, 3.63) is 100 Å². The van der Waals surface area contributed by atoms with Gasteiger partial charge >= 0.3 is 5.63 Å². The Kier molecular flexibility index (Phi) is 4.76. The summed E-state index contributed by atoms with van der Waals surface area (Å²) in [5.41, 5.74) is 0.284. The van der Waals surface area contributed by atoms with Gasteiger partial charge in [0.05, 0.1) is 16.9 Å². The molecule has 0 unspecified atom stereocenters. The molecule has 6 nitrogen and oxygen atoms in total. The van der Waals surface area contributed by atoms with Crippen LogP contribution in [0.2, 0.25) is 0 Å². The maximum Gasteiger partial charge on any atom is 0.349 e. The number of aromatic nitrogens is 2. The summed E-state index contributed by atoms with van der Waals surface area (Å²) < 4.78 is 20.1. The molecular weight excluding hydrogens is 417 g/mol. The third kappa shape index (κ3) is 3.57. The van der Waals surface area contributed by atoms with Gasteiger partial charge in [-0.15, -0.1) is 0 Å². The molecule has 0 aliphatic carbocycles. The van der Waals surface area contributed by atoms with E-state index < -0.39 is 17.3 Å². The number of halogens is 1. The lowest BCUT2D eigenvalue weighted by atomic mass is 10.1. The zero-order valence-corrected chi connectivity index (χ0v) is 16.8. The van der Waals surface area contributed by atoms with Crippen molar-refractivity contribution >= 4 is 43.6 Å². The quantitative estimate of drug-likeness (QED) is 0.383. The molecule has 5 rings (SSSR count). The van der Waals surface area contributed by atoms with Gasteiger partial charge in [-0.2, -0.15) is 0 Å². The van der Waals surface area contributed by atoms with E-state index in [1.807, 2.05) is 0 Å². The van der Waals surface area contributed by atoms with Crippen LogP contribution in [0.15, 0.2) is 82.1 Å². The molecule has 3 heterocycles. The van der Waals surface area contributed by atoms with Crippen LogP contribution in [0.1, 0.15) is 16.1 Å². The molecule has 0 aliphatic heterocycles. The standard InChI is InChI=1S/C23H14FN3O3S/c24-17-8-5-10-19-20(17)26-23(31-19)27(13-15-7-3-4-11-25-15)21(28)16-12-14-6-1-2-9-18(14)30-22(16)29/h1-12H,13H2. The van der Waals surface area contributed by atoms with E-state index in [0.717, 1.165) is 11.3 Å². The molecule has 2 aromatic carbocycles. The van der Waals surface area contributed by atoms with E-state index in [4.69, 9.17) is 4.42 Å². The van der Waals surface area contributed by atoms with Gasteiger partial charge in [0.2, 0.25) is 0 Å². The Morgan fingerprint density at radius 1 is 1.06 bits per heavy atom. The Balaban J connectivity index is 1.64. The van der Waals surface area contributed by atoms with Crippen LogP contribution >= 0.6 is 11.3 Å². The predicted molar refractivity (Wildman–Crippen MR) is 117 cm³/mol. The molecule has 8 heteroatoms. The number of benzene rings is 2. The Morgan fingerprint density at radius 3 is 2.71 bits per heavy atom. The van der Waals surface area contributed by atoms with Crippen molar-refractivity contribution in [1.82, 2.24) is 9.97 Å². The van der Waals surface area contributed by atoms with E-state index >= 15 is 0 Å². The molecule has 0 bridgehead atoms. The molecule has 0 saturated carbocycles. The van der Waals surface area contributed by atoms with Crippen LogP contribution in [-0.2, 0) is 6.54 Å². The normalized spacial score (nSPS) is 11.1. The highest BCUT2D eigenvalue weighted by Gasteiger charge is 2.26. The molecule has 0 radical (unpaired) electrons. The summed E-state index contributed by atoms with van der Waals surface area (Å²) in [6.07, 6.45) is 1.61. The third-order valence-electron chi connectivity index (χ3n) is 4.75. The van der Waals surface area contributed by atoms with E-state index in [2.05, 4.69) is 9.97 Å². The number of thiazole rings is 1. The van der Waals surface area contributed by atoms with Crippen LogP contribution in [0.4, 0.5) is 9.52 Å². The van der Waals surface area contributed by atoms with Gasteiger partial charge in [0.15, 0.2) is 5.13 Å². The second kappa shape index (κ2) is 7.73. The van der Waals surface area contributed by atoms with Gasteiger partial charge in [0, 0.05) is 11.6 Å². The lowest BCUT2D eigenvalue weighted by Crippen LogP contribution is -2.34. The van der Waals surface area contributed by atoms with Gasteiger partial charge in [0.1, 0.15) is 22.5 Å². The number of anilines is 1. The zero-order valence-electron chi connectivity index (χ0n) is 16.0. The summed E-state index contributed by atoms with van der Waals surface area (Å²) in [6, 6.07) is 18.4. The van der Waals surface area contributed by atoms with Crippen LogP contribution < -0.4 is 10.5 Å². The van der Waals surface area contributed by atoms with E-state index in [1.54, 1.807) is 60.8 Å². The Labute approximate surface area is 179 Å². The molecule has 5 aromatic rings. The van der Waals surface area contributed by atoms with Crippen molar-refractivity contribution in [2.45, 2.75) is 6.54 Å². The number of carbonyl (C=O) groups excluding carboxylic acids is 1. The predicted octanol–water partition coefficient (Wildman–Crippen LogP) is 4.78. The van der Waals surface area contributed by atoms with Crippen LogP contribution in [0.5, 0.6) is 0 Å². The molecule has 0 N–H and O–H groups in total. The molecule has 0 spiro atoms. The van der Waals surface area contributed by atoms with Crippen LogP contribution in [0.25, 0.3) is 21.2 Å². The Hall–Kier alpha value is -3.91. The van der Waals surface area contributed by atoms with Crippen molar-refractivity contribution in [3.8, 4) is 0 Å². The summed E-state index contributed by atoms with van der Waals surface area (Å²) in [5, 5.41) is 0.891. The number of pyridine rings is 1. The number of nitrogens with zero attached hydrogens (tertiary/aromatic N) is 3. The van der Waals surface area contributed by atoms with Gasteiger partial charge in [-0.05, 0) is 36.4 Å². The van der Waals surface area contributed by atoms with Crippen molar-refractivity contribution in [1.29, 1.82) is 0 Å². The molecule has 3 aromatic heterocycles. The number of fused-ring (bicyclic) bond motifs is 2. The lowest BCUT2D eigenvalue weighted by Gasteiger charge is -2.19. The first-order valence-corrected chi connectivity index (χ1v) is 10.2. The first kappa shape index (κ1) is 19.1. The highest BCUT2D eigenvalue weighted by molar-refractivity contribution is 7.22. The summed E-state index contributed by atoms with van der Waals surface area (Å²) >= 11 is 1.16. The second-order valence-corrected chi connectivity index (χ2v) is 7.79. The average molecular weight is 431 g/mol. The highest BCUT2D eigenvalue weighted by atomic mass is 32.1. The minimum absolute atomic E-state index is 0.0629. The maximum atomic E-state index is 14.2. The Bertz CT molecular complexity index is 1480. The number of rotatable bonds is 4. The van der Waals surface area contributed by atoms with Crippen molar-refractivity contribution in [3.63, 3.8) is 0 Å². The van der Waals surface area contributed by atoms with E-state index in [-0.39, 0.29) is 22.8 Å². The van der Waals surface area contributed by atoms with Crippen LogP contribution in [0, 0.1) is 5.82 Å². The van der Waals surface area contributed by atoms with Gasteiger partial charge in [0.25, 0.3) is 5.91 Å². The molecule has 152 valence electrons. The number of amides is 1. The van der Waals surface area contributed by atoms with Gasteiger partial charge in [-0.3, -0.25) is 14.7 Å². The monoisotopic (exact) mass is 431 g/mol. The van der Waals surface area contributed by atoms with Crippen molar-refractivity contribution < 1.29 is 13.6 Å². The first-order chi connectivity index (χ1) is 15.1. The summed E-state index contributed by atoms with van der Waals surface area (Å²) in [7, 11) is 0. The minimum Gasteiger partial charge on any atom is -0.422 e. The van der Waals surface area contributed by atoms with Crippen LogP contribution in [-0.4, -0.2) is 15.9 Å². The molecule has 1 amide bonds. The van der Waals surface area contributed by atoms with Gasteiger partial charge in [-0.1, -0.05) is 41.7 Å². The molecule has 31 heavy (non-hydrogen) atoms. The zero-order chi connectivity index (χ0) is 21.4. The number of hydrogen-bond acceptors (Lipinski definition) is 6. The molecule has 0 aliphatic rings. The lowest BCUT2D eigenvalue weighted by molar-refractivity contribution is 0.0981. The maximum absolute atomic E-state index is 14.2. The minimum atomic E-state index is -0.748.